The van der Waals surface area contributed by atoms with Gasteiger partial charge in [-0.3, -0.25) is 0 Å². The summed E-state index contributed by atoms with van der Waals surface area (Å²) in [6, 6.07) is 26.9. The summed E-state index contributed by atoms with van der Waals surface area (Å²) in [6.07, 6.45) is 1.54. The van der Waals surface area contributed by atoms with Gasteiger partial charge in [-0.2, -0.15) is 0 Å². The fourth-order valence-corrected chi connectivity index (χ4v) is 2.67. The van der Waals surface area contributed by atoms with Crippen LogP contribution in [-0.4, -0.2) is 9.97 Å². The molecule has 5 heteroatoms. The fraction of sp³-hybridized carbons (Fsp3) is 0. The lowest BCUT2D eigenvalue weighted by Crippen LogP contribution is -1.96. The van der Waals surface area contributed by atoms with Crippen molar-refractivity contribution in [2.24, 2.45) is 0 Å². The van der Waals surface area contributed by atoms with E-state index in [0.717, 1.165) is 28.4 Å². The summed E-state index contributed by atoms with van der Waals surface area (Å²) in [5.41, 5.74) is 9.20. The van der Waals surface area contributed by atoms with Crippen LogP contribution in [0.15, 0.2) is 91.3 Å². The third-order valence-electron chi connectivity index (χ3n) is 3.96. The first kappa shape index (κ1) is 16.6. The van der Waals surface area contributed by atoms with Crippen molar-refractivity contribution in [2.75, 3.05) is 11.1 Å². The summed E-state index contributed by atoms with van der Waals surface area (Å²) in [5.74, 6) is 2.29. The van der Waals surface area contributed by atoms with E-state index in [2.05, 4.69) is 15.3 Å². The molecule has 0 aliphatic heterocycles. The van der Waals surface area contributed by atoms with Crippen molar-refractivity contribution in [3.63, 3.8) is 0 Å². The second kappa shape index (κ2) is 7.58. The van der Waals surface area contributed by atoms with Crippen molar-refractivity contribution >= 4 is 17.2 Å². The Morgan fingerprint density at radius 1 is 0.741 bits per heavy atom. The molecule has 4 rings (SSSR count). The summed E-state index contributed by atoms with van der Waals surface area (Å²) in [7, 11) is 0. The normalized spacial score (nSPS) is 10.4. The molecule has 3 aromatic carbocycles. The molecular weight excluding hydrogens is 336 g/mol. The molecule has 3 N–H and O–H groups in total. The predicted octanol–water partition coefficient (Wildman–Crippen LogP) is 5.26. The number of ether oxygens (including phenoxy) is 1. The van der Waals surface area contributed by atoms with Crippen LogP contribution in [0.25, 0.3) is 11.3 Å². The minimum Gasteiger partial charge on any atom is -0.457 e. The van der Waals surface area contributed by atoms with Crippen molar-refractivity contribution in [1.82, 2.24) is 9.97 Å². The average Bonchev–Trinajstić information content (AvgIpc) is 2.70. The molecule has 27 heavy (non-hydrogen) atoms. The number of hydrogen-bond donors (Lipinski definition) is 2. The maximum absolute atomic E-state index is 5.83. The SMILES string of the molecule is Nc1cccc(Nc2cc(-c3ccc(Oc4ccccc4)cc3)ncn2)c1. The van der Waals surface area contributed by atoms with Crippen molar-refractivity contribution < 1.29 is 4.74 Å². The Hall–Kier alpha value is -3.86. The predicted molar refractivity (Wildman–Crippen MR) is 108 cm³/mol. The number of nitrogens with zero attached hydrogens (tertiary/aromatic N) is 2. The zero-order chi connectivity index (χ0) is 18.5. The van der Waals surface area contributed by atoms with Gasteiger partial charge >= 0.3 is 0 Å². The molecule has 0 radical (unpaired) electrons. The van der Waals surface area contributed by atoms with Crippen LogP contribution in [0.5, 0.6) is 11.5 Å². The monoisotopic (exact) mass is 354 g/mol. The van der Waals surface area contributed by atoms with E-state index in [0.29, 0.717) is 11.5 Å². The van der Waals surface area contributed by atoms with Gasteiger partial charge in [-0.05, 0) is 54.6 Å². The second-order valence-corrected chi connectivity index (χ2v) is 5.98. The molecule has 0 atom stereocenters. The maximum Gasteiger partial charge on any atom is 0.134 e. The molecule has 0 saturated carbocycles. The van der Waals surface area contributed by atoms with Crippen LogP contribution in [0.1, 0.15) is 0 Å². The number of rotatable bonds is 5. The molecule has 0 aliphatic carbocycles. The molecule has 5 nitrogen and oxygen atoms in total. The molecule has 0 aliphatic rings. The van der Waals surface area contributed by atoms with Crippen LogP contribution in [0.3, 0.4) is 0 Å². The molecule has 1 aromatic heterocycles. The lowest BCUT2D eigenvalue weighted by molar-refractivity contribution is 0.483. The molecule has 132 valence electrons. The largest absolute Gasteiger partial charge is 0.457 e. The first-order chi connectivity index (χ1) is 13.3. The van der Waals surface area contributed by atoms with E-state index in [1.807, 2.05) is 84.9 Å². The quantitative estimate of drug-likeness (QED) is 0.478. The van der Waals surface area contributed by atoms with E-state index in [1.165, 1.54) is 0 Å². The first-order valence-electron chi connectivity index (χ1n) is 8.54. The standard InChI is InChI=1S/C22H18N4O/c23-17-5-4-6-18(13-17)26-22-14-21(24-15-25-22)16-9-11-20(12-10-16)27-19-7-2-1-3-8-19/h1-15H,23H2,(H,24,25,26). The van der Waals surface area contributed by atoms with Gasteiger partial charge in [-0.15, -0.1) is 0 Å². The topological polar surface area (TPSA) is 73.1 Å². The van der Waals surface area contributed by atoms with Crippen molar-refractivity contribution in [2.45, 2.75) is 0 Å². The van der Waals surface area contributed by atoms with Crippen LogP contribution in [0.4, 0.5) is 17.2 Å². The van der Waals surface area contributed by atoms with E-state index < -0.39 is 0 Å². The molecule has 1 heterocycles. The van der Waals surface area contributed by atoms with Gasteiger partial charge in [0.25, 0.3) is 0 Å². The van der Waals surface area contributed by atoms with Crippen molar-refractivity contribution in [1.29, 1.82) is 0 Å². The van der Waals surface area contributed by atoms with Crippen molar-refractivity contribution in [3.05, 3.63) is 91.3 Å². The third-order valence-corrected chi connectivity index (χ3v) is 3.96. The minimum absolute atomic E-state index is 0.697. The van der Waals surface area contributed by atoms with E-state index in [9.17, 15) is 0 Å². The Morgan fingerprint density at radius 3 is 2.30 bits per heavy atom. The third kappa shape index (κ3) is 4.22. The number of aromatic nitrogens is 2. The summed E-state index contributed by atoms with van der Waals surface area (Å²) < 4.78 is 5.83. The van der Waals surface area contributed by atoms with Gasteiger partial charge < -0.3 is 15.8 Å². The van der Waals surface area contributed by atoms with Gasteiger partial charge in [0.15, 0.2) is 0 Å². The highest BCUT2D eigenvalue weighted by Crippen LogP contribution is 2.26. The van der Waals surface area contributed by atoms with Gasteiger partial charge in [-0.1, -0.05) is 24.3 Å². The summed E-state index contributed by atoms with van der Waals surface area (Å²) in [5, 5.41) is 3.24. The summed E-state index contributed by atoms with van der Waals surface area (Å²) >= 11 is 0. The molecular formula is C22H18N4O. The lowest BCUT2D eigenvalue weighted by atomic mass is 10.1. The van der Waals surface area contributed by atoms with Crippen LogP contribution >= 0.6 is 0 Å². The van der Waals surface area contributed by atoms with E-state index >= 15 is 0 Å². The summed E-state index contributed by atoms with van der Waals surface area (Å²) in [4.78, 5) is 8.64. The molecule has 4 aromatic rings. The Labute approximate surface area is 157 Å². The van der Waals surface area contributed by atoms with E-state index in [1.54, 1.807) is 6.33 Å². The van der Waals surface area contributed by atoms with Crippen molar-refractivity contribution in [3.8, 4) is 22.8 Å². The molecule has 0 spiro atoms. The zero-order valence-corrected chi connectivity index (χ0v) is 14.5. The molecule has 0 unspecified atom stereocenters. The lowest BCUT2D eigenvalue weighted by Gasteiger charge is -2.09. The Balaban J connectivity index is 1.51. The second-order valence-electron chi connectivity index (χ2n) is 5.98. The zero-order valence-electron chi connectivity index (χ0n) is 14.5. The maximum atomic E-state index is 5.83. The molecule has 0 saturated heterocycles. The highest BCUT2D eigenvalue weighted by molar-refractivity contribution is 5.67. The number of benzene rings is 3. The van der Waals surface area contributed by atoms with E-state index in [4.69, 9.17) is 10.5 Å². The number of nitrogens with two attached hydrogens (primary N) is 1. The molecule has 0 bridgehead atoms. The van der Waals surface area contributed by atoms with Crippen LogP contribution in [0.2, 0.25) is 0 Å². The van der Waals surface area contributed by atoms with Gasteiger partial charge in [0.05, 0.1) is 5.69 Å². The number of para-hydroxylation sites is 1. The minimum atomic E-state index is 0.697. The van der Waals surface area contributed by atoms with Crippen LogP contribution < -0.4 is 15.8 Å². The smallest absolute Gasteiger partial charge is 0.134 e. The van der Waals surface area contributed by atoms with Crippen LogP contribution in [0, 0.1) is 0 Å². The number of anilines is 3. The highest BCUT2D eigenvalue weighted by atomic mass is 16.5. The van der Waals surface area contributed by atoms with Gasteiger partial charge in [0.2, 0.25) is 0 Å². The van der Waals surface area contributed by atoms with Crippen LogP contribution in [-0.2, 0) is 0 Å². The number of hydrogen-bond acceptors (Lipinski definition) is 5. The average molecular weight is 354 g/mol. The Morgan fingerprint density at radius 2 is 1.52 bits per heavy atom. The van der Waals surface area contributed by atoms with E-state index in [-0.39, 0.29) is 0 Å². The Bertz CT molecular complexity index is 1030. The number of nitrogens with one attached hydrogen (secondary N) is 1. The van der Waals surface area contributed by atoms with Gasteiger partial charge in [0, 0.05) is 23.0 Å². The molecule has 0 fully saturated rings. The number of nitrogen functional groups attached to an aromatic ring is 1. The fourth-order valence-electron chi connectivity index (χ4n) is 2.67. The Kier molecular flexibility index (Phi) is 4.66. The first-order valence-corrected chi connectivity index (χ1v) is 8.54. The van der Waals surface area contributed by atoms with Gasteiger partial charge in [0.1, 0.15) is 23.6 Å². The van der Waals surface area contributed by atoms with Gasteiger partial charge in [-0.25, -0.2) is 9.97 Å². The highest BCUT2D eigenvalue weighted by Gasteiger charge is 2.04. The molecule has 0 amide bonds. The summed E-state index contributed by atoms with van der Waals surface area (Å²) in [6.45, 7) is 0.